The maximum Gasteiger partial charge on any atom is 0.341 e. The molecule has 0 saturated carbocycles. The first-order chi connectivity index (χ1) is 8.58. The Morgan fingerprint density at radius 1 is 1.44 bits per heavy atom. The summed E-state index contributed by atoms with van der Waals surface area (Å²) in [6.07, 6.45) is 2.38. The van der Waals surface area contributed by atoms with Gasteiger partial charge in [0, 0.05) is 10.7 Å². The molecule has 1 heterocycles. The molecule has 0 unspecified atom stereocenters. The molecule has 1 aromatic heterocycles. The van der Waals surface area contributed by atoms with E-state index < -0.39 is 11.8 Å². The number of hydrogen-bond donors (Lipinski definition) is 2. The minimum atomic E-state index is -1.16. The standard InChI is InChI=1S/C11H7BrFN3O2/c12-8-2-1-6(13)3-9(8)16-10-7(11(17)18)4-14-5-15-10/h1-5H,(H,17,18)(H,14,15,16). The lowest BCUT2D eigenvalue weighted by molar-refractivity contribution is 0.0697. The second kappa shape index (κ2) is 5.09. The van der Waals surface area contributed by atoms with Gasteiger partial charge in [-0.1, -0.05) is 0 Å². The number of carboxylic acid groups (broad SMARTS) is 1. The number of halogens is 2. The third-order valence-corrected chi connectivity index (χ3v) is 2.82. The van der Waals surface area contributed by atoms with Gasteiger partial charge in [0.25, 0.3) is 0 Å². The van der Waals surface area contributed by atoms with E-state index in [4.69, 9.17) is 5.11 Å². The number of nitrogens with one attached hydrogen (secondary N) is 1. The number of carbonyl (C=O) groups is 1. The van der Waals surface area contributed by atoms with Crippen molar-refractivity contribution in [2.75, 3.05) is 5.32 Å². The highest BCUT2D eigenvalue weighted by Gasteiger charge is 2.12. The fourth-order valence-corrected chi connectivity index (χ4v) is 1.65. The molecule has 92 valence electrons. The Kier molecular flexibility index (Phi) is 3.52. The SMILES string of the molecule is O=C(O)c1cncnc1Nc1cc(F)ccc1Br. The summed E-state index contributed by atoms with van der Waals surface area (Å²) in [7, 11) is 0. The molecule has 0 aliphatic heterocycles. The number of carboxylic acids is 1. The van der Waals surface area contributed by atoms with Crippen LogP contribution in [0.2, 0.25) is 0 Å². The fraction of sp³-hybridized carbons (Fsp3) is 0. The number of hydrogen-bond acceptors (Lipinski definition) is 4. The van der Waals surface area contributed by atoms with Crippen molar-refractivity contribution in [2.24, 2.45) is 0 Å². The van der Waals surface area contributed by atoms with E-state index in [2.05, 4.69) is 31.2 Å². The van der Waals surface area contributed by atoms with Crippen LogP contribution in [-0.2, 0) is 0 Å². The Morgan fingerprint density at radius 2 is 2.22 bits per heavy atom. The third kappa shape index (κ3) is 2.62. The summed E-state index contributed by atoms with van der Waals surface area (Å²) < 4.78 is 13.7. The Bertz CT molecular complexity index is 607. The summed E-state index contributed by atoms with van der Waals surface area (Å²) in [6.45, 7) is 0. The number of aromatic carboxylic acids is 1. The van der Waals surface area contributed by atoms with Crippen LogP contribution in [0.1, 0.15) is 10.4 Å². The highest BCUT2D eigenvalue weighted by Crippen LogP contribution is 2.26. The number of benzene rings is 1. The van der Waals surface area contributed by atoms with E-state index in [1.807, 2.05) is 0 Å². The molecule has 0 amide bonds. The number of aromatic nitrogens is 2. The Balaban J connectivity index is 2.40. The van der Waals surface area contributed by atoms with E-state index >= 15 is 0 Å². The van der Waals surface area contributed by atoms with Crippen molar-refractivity contribution in [2.45, 2.75) is 0 Å². The van der Waals surface area contributed by atoms with E-state index in [0.717, 1.165) is 0 Å². The fourth-order valence-electron chi connectivity index (χ4n) is 1.31. The van der Waals surface area contributed by atoms with Crippen LogP contribution >= 0.6 is 15.9 Å². The van der Waals surface area contributed by atoms with E-state index in [1.165, 1.54) is 30.7 Å². The van der Waals surface area contributed by atoms with Gasteiger partial charge in [-0.05, 0) is 34.1 Å². The van der Waals surface area contributed by atoms with Crippen molar-refractivity contribution < 1.29 is 14.3 Å². The molecule has 0 radical (unpaired) electrons. The smallest absolute Gasteiger partial charge is 0.341 e. The molecule has 1 aromatic carbocycles. The Morgan fingerprint density at radius 3 is 2.94 bits per heavy atom. The molecule has 2 aromatic rings. The molecule has 0 saturated heterocycles. The molecule has 0 bridgehead atoms. The lowest BCUT2D eigenvalue weighted by Crippen LogP contribution is -2.05. The third-order valence-electron chi connectivity index (χ3n) is 2.12. The minimum absolute atomic E-state index is 0.0892. The largest absolute Gasteiger partial charge is 0.477 e. The van der Waals surface area contributed by atoms with Gasteiger partial charge < -0.3 is 10.4 Å². The predicted molar refractivity (Wildman–Crippen MR) is 66.4 cm³/mol. The molecule has 0 atom stereocenters. The quantitative estimate of drug-likeness (QED) is 0.911. The van der Waals surface area contributed by atoms with Crippen molar-refractivity contribution in [1.29, 1.82) is 0 Å². The monoisotopic (exact) mass is 311 g/mol. The molecule has 5 nitrogen and oxygen atoms in total. The molecule has 2 rings (SSSR count). The highest BCUT2D eigenvalue weighted by atomic mass is 79.9. The van der Waals surface area contributed by atoms with Crippen LogP contribution in [0.15, 0.2) is 35.2 Å². The molecule has 2 N–H and O–H groups in total. The topological polar surface area (TPSA) is 75.1 Å². The van der Waals surface area contributed by atoms with Gasteiger partial charge in [-0.25, -0.2) is 19.2 Å². The zero-order valence-corrected chi connectivity index (χ0v) is 10.5. The lowest BCUT2D eigenvalue weighted by atomic mass is 10.2. The van der Waals surface area contributed by atoms with Gasteiger partial charge in [0.2, 0.25) is 0 Å². The highest BCUT2D eigenvalue weighted by molar-refractivity contribution is 9.10. The van der Waals surface area contributed by atoms with Gasteiger partial charge in [0.05, 0.1) is 5.69 Å². The molecule has 0 aliphatic carbocycles. The van der Waals surface area contributed by atoms with Crippen LogP contribution in [0.4, 0.5) is 15.9 Å². The molecule has 0 spiro atoms. The van der Waals surface area contributed by atoms with Gasteiger partial charge in [-0.15, -0.1) is 0 Å². The van der Waals surface area contributed by atoms with Crippen LogP contribution < -0.4 is 5.32 Å². The van der Waals surface area contributed by atoms with E-state index in [0.29, 0.717) is 10.2 Å². The van der Waals surface area contributed by atoms with Crippen molar-refractivity contribution >= 4 is 33.4 Å². The summed E-state index contributed by atoms with van der Waals surface area (Å²) in [5.74, 6) is -1.50. The molecule has 0 fully saturated rings. The zero-order valence-electron chi connectivity index (χ0n) is 8.89. The van der Waals surface area contributed by atoms with Crippen LogP contribution in [0.3, 0.4) is 0 Å². The van der Waals surface area contributed by atoms with Gasteiger partial charge in [-0.2, -0.15) is 0 Å². The second-order valence-electron chi connectivity index (χ2n) is 3.34. The minimum Gasteiger partial charge on any atom is -0.477 e. The van der Waals surface area contributed by atoms with Gasteiger partial charge in [-0.3, -0.25) is 0 Å². The first-order valence-electron chi connectivity index (χ1n) is 4.83. The van der Waals surface area contributed by atoms with E-state index in [1.54, 1.807) is 0 Å². The summed E-state index contributed by atoms with van der Waals surface area (Å²) in [5.41, 5.74) is 0.296. The molecule has 0 aliphatic rings. The summed E-state index contributed by atoms with van der Waals surface area (Å²) in [4.78, 5) is 18.4. The van der Waals surface area contributed by atoms with E-state index in [-0.39, 0.29) is 11.4 Å². The zero-order chi connectivity index (χ0) is 13.1. The lowest BCUT2D eigenvalue weighted by Gasteiger charge is -2.09. The molecular formula is C11H7BrFN3O2. The van der Waals surface area contributed by atoms with Gasteiger partial charge in [0.1, 0.15) is 23.5 Å². The second-order valence-corrected chi connectivity index (χ2v) is 4.19. The maximum absolute atomic E-state index is 13.1. The summed E-state index contributed by atoms with van der Waals surface area (Å²) in [6, 6.07) is 4.03. The van der Waals surface area contributed by atoms with Crippen molar-refractivity contribution in [3.05, 3.63) is 46.6 Å². The average Bonchev–Trinajstić information content (AvgIpc) is 2.34. The van der Waals surface area contributed by atoms with E-state index in [9.17, 15) is 9.18 Å². The van der Waals surface area contributed by atoms with Crippen LogP contribution in [0.5, 0.6) is 0 Å². The number of rotatable bonds is 3. The predicted octanol–water partition coefficient (Wildman–Crippen LogP) is 2.82. The van der Waals surface area contributed by atoms with Crippen LogP contribution in [0.25, 0.3) is 0 Å². The number of anilines is 2. The van der Waals surface area contributed by atoms with Crippen molar-refractivity contribution in [3.63, 3.8) is 0 Å². The van der Waals surface area contributed by atoms with Crippen LogP contribution in [0, 0.1) is 5.82 Å². The first-order valence-corrected chi connectivity index (χ1v) is 5.62. The summed E-state index contributed by atoms with van der Waals surface area (Å²) >= 11 is 3.23. The van der Waals surface area contributed by atoms with Crippen molar-refractivity contribution in [1.82, 2.24) is 9.97 Å². The first kappa shape index (κ1) is 12.4. The Hall–Kier alpha value is -2.02. The maximum atomic E-state index is 13.1. The molecule has 7 heteroatoms. The summed E-state index contributed by atoms with van der Waals surface area (Å²) in [5, 5.41) is 11.7. The number of nitrogens with zero attached hydrogens (tertiary/aromatic N) is 2. The Labute approximate surface area is 110 Å². The average molecular weight is 312 g/mol. The van der Waals surface area contributed by atoms with Gasteiger partial charge in [0.15, 0.2) is 0 Å². The van der Waals surface area contributed by atoms with Crippen LogP contribution in [-0.4, -0.2) is 21.0 Å². The molecular weight excluding hydrogens is 305 g/mol. The molecule has 18 heavy (non-hydrogen) atoms. The van der Waals surface area contributed by atoms with Crippen molar-refractivity contribution in [3.8, 4) is 0 Å². The normalized spacial score (nSPS) is 10.1. The van der Waals surface area contributed by atoms with Gasteiger partial charge >= 0.3 is 5.97 Å².